The highest BCUT2D eigenvalue weighted by atomic mass is 15.2. The molecule has 0 aliphatic carbocycles. The number of aromatic nitrogens is 1. The molecule has 3 heteroatoms. The molecule has 1 unspecified atom stereocenters. The van der Waals surface area contributed by atoms with Crippen molar-refractivity contribution in [1.82, 2.24) is 9.88 Å². The first-order chi connectivity index (χ1) is 9.14. The monoisotopic (exact) mass is 251 g/mol. The van der Waals surface area contributed by atoms with Gasteiger partial charge >= 0.3 is 0 Å². The van der Waals surface area contributed by atoms with Crippen LogP contribution in [0, 0.1) is 6.92 Å². The van der Waals surface area contributed by atoms with Crippen molar-refractivity contribution in [2.24, 2.45) is 4.99 Å². The largest absolute Gasteiger partial charge is 0.352 e. The molecule has 3 rings (SSSR count). The summed E-state index contributed by atoms with van der Waals surface area (Å²) in [6, 6.07) is 10.6. The zero-order valence-electron chi connectivity index (χ0n) is 11.5. The van der Waals surface area contributed by atoms with Crippen molar-refractivity contribution >= 4 is 12.0 Å². The van der Waals surface area contributed by atoms with Crippen LogP contribution >= 0.6 is 0 Å². The minimum absolute atomic E-state index is 0.203. The fraction of sp³-hybridized carbons (Fsp3) is 0.250. The molecule has 1 aromatic heterocycles. The van der Waals surface area contributed by atoms with Gasteiger partial charge in [-0.25, -0.2) is 4.99 Å². The van der Waals surface area contributed by atoms with Gasteiger partial charge in [-0.2, -0.15) is 0 Å². The third-order valence-electron chi connectivity index (χ3n) is 4.07. The van der Waals surface area contributed by atoms with E-state index in [1.807, 2.05) is 18.7 Å². The Morgan fingerprint density at radius 3 is 2.68 bits per heavy atom. The van der Waals surface area contributed by atoms with Crippen molar-refractivity contribution in [1.29, 1.82) is 0 Å². The highest BCUT2D eigenvalue weighted by molar-refractivity contribution is 5.71. The lowest BCUT2D eigenvalue weighted by molar-refractivity contribution is 0.291. The third kappa shape index (κ3) is 1.65. The Balaban J connectivity index is 2.28. The van der Waals surface area contributed by atoms with E-state index in [0.717, 1.165) is 5.69 Å². The molecule has 0 fully saturated rings. The number of fused-ring (bicyclic) bond motifs is 1. The fourth-order valence-electron chi connectivity index (χ4n) is 2.81. The fourth-order valence-corrected chi connectivity index (χ4v) is 2.81. The van der Waals surface area contributed by atoms with Crippen LogP contribution in [0.25, 0.3) is 0 Å². The summed E-state index contributed by atoms with van der Waals surface area (Å²) in [6.45, 7) is 4.39. The van der Waals surface area contributed by atoms with Gasteiger partial charge in [0.25, 0.3) is 0 Å². The lowest BCUT2D eigenvalue weighted by Gasteiger charge is -2.42. The molecule has 1 aliphatic heterocycles. The second kappa shape index (κ2) is 4.19. The highest BCUT2D eigenvalue weighted by Gasteiger charge is 2.37. The summed E-state index contributed by atoms with van der Waals surface area (Å²) in [5, 5.41) is 0. The van der Waals surface area contributed by atoms with E-state index in [1.54, 1.807) is 0 Å². The van der Waals surface area contributed by atoms with Gasteiger partial charge in [-0.3, -0.25) is 4.98 Å². The van der Waals surface area contributed by atoms with E-state index in [-0.39, 0.29) is 5.54 Å². The molecule has 1 atom stereocenters. The molecular formula is C16H17N3. The van der Waals surface area contributed by atoms with Crippen LogP contribution in [0.15, 0.2) is 47.7 Å². The van der Waals surface area contributed by atoms with E-state index in [0.29, 0.717) is 0 Å². The Hall–Kier alpha value is -2.16. The molecule has 0 amide bonds. The van der Waals surface area contributed by atoms with Gasteiger partial charge in [-0.15, -0.1) is 0 Å². The minimum atomic E-state index is -0.203. The van der Waals surface area contributed by atoms with Gasteiger partial charge < -0.3 is 4.90 Å². The molecule has 1 aromatic carbocycles. The van der Waals surface area contributed by atoms with Gasteiger partial charge in [0, 0.05) is 18.8 Å². The predicted molar refractivity (Wildman–Crippen MR) is 77.8 cm³/mol. The first-order valence-corrected chi connectivity index (χ1v) is 6.42. The van der Waals surface area contributed by atoms with Crippen LogP contribution < -0.4 is 0 Å². The lowest BCUT2D eigenvalue weighted by Crippen LogP contribution is -2.43. The van der Waals surface area contributed by atoms with Crippen LogP contribution in [-0.4, -0.2) is 23.3 Å². The highest BCUT2D eigenvalue weighted by Crippen LogP contribution is 2.42. The van der Waals surface area contributed by atoms with Crippen LogP contribution in [0.3, 0.4) is 0 Å². The van der Waals surface area contributed by atoms with Crippen LogP contribution in [0.2, 0.25) is 0 Å². The second-order valence-corrected chi connectivity index (χ2v) is 5.14. The number of rotatable bonds is 1. The number of hydrogen-bond donors (Lipinski definition) is 0. The van der Waals surface area contributed by atoms with Crippen LogP contribution in [0.4, 0.5) is 5.69 Å². The van der Waals surface area contributed by atoms with Crippen LogP contribution in [0.5, 0.6) is 0 Å². The smallest absolute Gasteiger partial charge is 0.0920 e. The van der Waals surface area contributed by atoms with Gasteiger partial charge in [0.15, 0.2) is 0 Å². The number of pyridine rings is 1. The Morgan fingerprint density at radius 2 is 1.89 bits per heavy atom. The zero-order chi connectivity index (χ0) is 13.5. The Labute approximate surface area is 113 Å². The molecule has 19 heavy (non-hydrogen) atoms. The first-order valence-electron chi connectivity index (χ1n) is 6.42. The summed E-state index contributed by atoms with van der Waals surface area (Å²) in [6.07, 6.45) is 5.55. The normalized spacial score (nSPS) is 21.3. The van der Waals surface area contributed by atoms with E-state index in [4.69, 9.17) is 0 Å². The molecule has 0 radical (unpaired) electrons. The van der Waals surface area contributed by atoms with Crippen molar-refractivity contribution < 1.29 is 0 Å². The Morgan fingerprint density at radius 1 is 1.11 bits per heavy atom. The SMILES string of the molecule is Cc1ccccc1C1(C)c2ccncc2N=CN1C. The van der Waals surface area contributed by atoms with Crippen molar-refractivity contribution in [2.75, 3.05) is 7.05 Å². The Kier molecular flexibility index (Phi) is 2.63. The van der Waals surface area contributed by atoms with Crippen LogP contribution in [0.1, 0.15) is 23.6 Å². The summed E-state index contributed by atoms with van der Waals surface area (Å²) >= 11 is 0. The molecule has 0 saturated carbocycles. The minimum Gasteiger partial charge on any atom is -0.352 e. The number of aryl methyl sites for hydroxylation is 1. The maximum absolute atomic E-state index is 4.46. The van der Waals surface area contributed by atoms with E-state index in [1.165, 1.54) is 16.7 Å². The molecule has 3 nitrogen and oxygen atoms in total. The summed E-state index contributed by atoms with van der Waals surface area (Å²) in [5.41, 5.74) is 4.53. The third-order valence-corrected chi connectivity index (χ3v) is 4.07. The van der Waals surface area contributed by atoms with E-state index >= 15 is 0 Å². The van der Waals surface area contributed by atoms with Gasteiger partial charge in [0.05, 0.1) is 23.8 Å². The average molecular weight is 251 g/mol. The summed E-state index contributed by atoms with van der Waals surface area (Å²) < 4.78 is 0. The average Bonchev–Trinajstić information content (AvgIpc) is 2.44. The van der Waals surface area contributed by atoms with Crippen molar-refractivity contribution in [2.45, 2.75) is 19.4 Å². The van der Waals surface area contributed by atoms with Gasteiger partial charge in [-0.05, 0) is 31.0 Å². The quantitative estimate of drug-likeness (QED) is 0.778. The molecule has 0 bridgehead atoms. The summed E-state index contributed by atoms with van der Waals surface area (Å²) in [7, 11) is 2.07. The number of benzene rings is 1. The number of hydrogen-bond acceptors (Lipinski definition) is 3. The molecular weight excluding hydrogens is 234 g/mol. The van der Waals surface area contributed by atoms with Crippen molar-refractivity contribution in [3.05, 3.63) is 59.4 Å². The summed E-state index contributed by atoms with van der Waals surface area (Å²) in [4.78, 5) is 10.8. The molecule has 96 valence electrons. The second-order valence-electron chi connectivity index (χ2n) is 5.14. The molecule has 0 saturated heterocycles. The molecule has 2 aromatic rings. The van der Waals surface area contributed by atoms with E-state index < -0.39 is 0 Å². The zero-order valence-corrected chi connectivity index (χ0v) is 11.5. The molecule has 0 N–H and O–H groups in total. The Bertz CT molecular complexity index is 648. The lowest BCUT2D eigenvalue weighted by atomic mass is 9.80. The maximum atomic E-state index is 4.46. The first kappa shape index (κ1) is 11.9. The van der Waals surface area contributed by atoms with Gasteiger partial charge in [0.2, 0.25) is 0 Å². The standard InChI is InChI=1S/C16H17N3/c1-12-6-4-5-7-13(12)16(2)14-8-9-17-10-15(14)18-11-19(16)3/h4-11H,1-3H3. The topological polar surface area (TPSA) is 28.5 Å². The van der Waals surface area contributed by atoms with E-state index in [9.17, 15) is 0 Å². The van der Waals surface area contributed by atoms with E-state index in [2.05, 4.69) is 66.1 Å². The molecule has 2 heterocycles. The molecule has 1 aliphatic rings. The van der Waals surface area contributed by atoms with Gasteiger partial charge in [-0.1, -0.05) is 24.3 Å². The van der Waals surface area contributed by atoms with Crippen LogP contribution in [-0.2, 0) is 5.54 Å². The summed E-state index contributed by atoms with van der Waals surface area (Å²) in [5.74, 6) is 0. The maximum Gasteiger partial charge on any atom is 0.0920 e. The number of aliphatic imine (C=N–C) groups is 1. The van der Waals surface area contributed by atoms with Gasteiger partial charge in [0.1, 0.15) is 0 Å². The van der Waals surface area contributed by atoms with Crippen molar-refractivity contribution in [3.8, 4) is 0 Å². The predicted octanol–water partition coefficient (Wildman–Crippen LogP) is 3.26. The van der Waals surface area contributed by atoms with Crippen molar-refractivity contribution in [3.63, 3.8) is 0 Å². The molecule has 0 spiro atoms. The number of nitrogens with zero attached hydrogens (tertiary/aromatic N) is 3.